The first-order valence-corrected chi connectivity index (χ1v) is 11.1. The van der Waals surface area contributed by atoms with Crippen molar-refractivity contribution in [2.75, 3.05) is 13.1 Å². The number of aromatic nitrogens is 1. The fraction of sp³-hybridized carbons (Fsp3) is 0.391. The van der Waals surface area contributed by atoms with E-state index in [2.05, 4.69) is 28.1 Å². The van der Waals surface area contributed by atoms with Gasteiger partial charge in [0, 0.05) is 12.5 Å². The molecule has 1 heterocycles. The Bertz CT molecular complexity index is 917. The highest BCUT2D eigenvalue weighted by Crippen LogP contribution is 2.31. The summed E-state index contributed by atoms with van der Waals surface area (Å²) in [7, 11) is 0. The number of fused-ring (bicyclic) bond motifs is 1. The van der Waals surface area contributed by atoms with Crippen LogP contribution in [0.15, 0.2) is 48.5 Å². The number of para-hydroxylation sites is 1. The third kappa shape index (κ3) is 5.78. The van der Waals surface area contributed by atoms with Gasteiger partial charge in [-0.3, -0.25) is 4.79 Å². The quantitative estimate of drug-likeness (QED) is 0.462. The van der Waals surface area contributed by atoms with Crippen molar-refractivity contribution in [1.82, 2.24) is 9.88 Å². The molecule has 152 valence electrons. The normalized spacial score (nSPS) is 13.8. The first kappa shape index (κ1) is 19.9. The highest BCUT2D eigenvalue weighted by atomic mass is 32.1. The number of aliphatic carboxylic acids is 1. The molecule has 1 aliphatic carbocycles. The third-order valence-corrected chi connectivity index (χ3v) is 6.13. The molecule has 0 spiro atoms. The van der Waals surface area contributed by atoms with E-state index >= 15 is 0 Å². The van der Waals surface area contributed by atoms with E-state index in [9.17, 15) is 4.79 Å². The number of aryl methyl sites for hydroxylation is 1. The summed E-state index contributed by atoms with van der Waals surface area (Å²) in [6.45, 7) is 1.93. The Morgan fingerprint density at radius 1 is 1.10 bits per heavy atom. The summed E-state index contributed by atoms with van der Waals surface area (Å²) in [6.07, 6.45) is 5.62. The van der Waals surface area contributed by atoms with Crippen LogP contribution in [0.3, 0.4) is 0 Å². The van der Waals surface area contributed by atoms with E-state index in [1.807, 2.05) is 30.3 Å². The van der Waals surface area contributed by atoms with Gasteiger partial charge in [0.05, 0.1) is 10.2 Å². The van der Waals surface area contributed by atoms with Gasteiger partial charge in [-0.25, -0.2) is 4.98 Å². The van der Waals surface area contributed by atoms with Gasteiger partial charge in [-0.15, -0.1) is 0 Å². The molecule has 1 saturated carbocycles. The molecule has 4 rings (SSSR count). The lowest BCUT2D eigenvalue weighted by atomic mass is 10.1. The Morgan fingerprint density at radius 2 is 1.86 bits per heavy atom. The fourth-order valence-corrected chi connectivity index (χ4v) is 4.39. The lowest BCUT2D eigenvalue weighted by Gasteiger charge is -2.21. The van der Waals surface area contributed by atoms with Gasteiger partial charge in [0.15, 0.2) is 0 Å². The van der Waals surface area contributed by atoms with E-state index in [1.165, 1.54) is 18.4 Å². The molecule has 3 aromatic rings. The Morgan fingerprint density at radius 3 is 2.59 bits per heavy atom. The van der Waals surface area contributed by atoms with Crippen LogP contribution in [-0.2, 0) is 11.2 Å². The number of carboxylic acids is 1. The van der Waals surface area contributed by atoms with Crippen molar-refractivity contribution in [2.45, 2.75) is 44.6 Å². The number of rotatable bonds is 11. The standard InChI is InChI=1S/C23H26N2O3S/c26-22(27)8-4-16-25(18-11-12-18)15-3-5-17-9-13-19(14-10-17)28-23-24-20-6-1-2-7-21(20)29-23/h1-2,6-7,9-10,13-14,18H,3-5,8,11-12,15-16H2,(H,26,27). The molecule has 1 fully saturated rings. The zero-order valence-corrected chi connectivity index (χ0v) is 17.2. The van der Waals surface area contributed by atoms with Gasteiger partial charge in [-0.05, 0) is 75.0 Å². The topological polar surface area (TPSA) is 62.7 Å². The minimum atomic E-state index is -0.700. The number of thiazole rings is 1. The second-order valence-corrected chi connectivity index (χ2v) is 8.55. The van der Waals surface area contributed by atoms with Crippen molar-refractivity contribution in [1.29, 1.82) is 0 Å². The largest absolute Gasteiger partial charge is 0.481 e. The number of carboxylic acid groups (broad SMARTS) is 1. The lowest BCUT2D eigenvalue weighted by molar-refractivity contribution is -0.137. The summed E-state index contributed by atoms with van der Waals surface area (Å²) in [5.74, 6) is 0.106. The van der Waals surface area contributed by atoms with Gasteiger partial charge in [0.25, 0.3) is 5.19 Å². The van der Waals surface area contributed by atoms with Crippen LogP contribution in [0, 0.1) is 0 Å². The SMILES string of the molecule is O=C(O)CCCN(CCCc1ccc(Oc2nc3ccccc3s2)cc1)C1CC1. The predicted molar refractivity (Wildman–Crippen MR) is 116 cm³/mol. The average molecular weight is 411 g/mol. The summed E-state index contributed by atoms with van der Waals surface area (Å²) < 4.78 is 7.04. The van der Waals surface area contributed by atoms with Crippen LogP contribution in [0.5, 0.6) is 10.9 Å². The smallest absolute Gasteiger partial charge is 0.303 e. The second kappa shape index (κ2) is 9.37. The summed E-state index contributed by atoms with van der Waals surface area (Å²) in [5, 5.41) is 9.49. The molecule has 5 nitrogen and oxygen atoms in total. The third-order valence-electron chi connectivity index (χ3n) is 5.21. The Balaban J connectivity index is 1.25. The Kier molecular flexibility index (Phi) is 6.42. The number of benzene rings is 2. The van der Waals surface area contributed by atoms with E-state index in [0.717, 1.165) is 48.3 Å². The number of nitrogens with zero attached hydrogens (tertiary/aromatic N) is 2. The molecule has 2 aromatic carbocycles. The molecular weight excluding hydrogens is 384 g/mol. The summed E-state index contributed by atoms with van der Waals surface area (Å²) in [4.78, 5) is 17.7. The molecule has 29 heavy (non-hydrogen) atoms. The van der Waals surface area contributed by atoms with Crippen LogP contribution in [0.4, 0.5) is 0 Å². The molecule has 0 amide bonds. The molecule has 6 heteroatoms. The van der Waals surface area contributed by atoms with Crippen molar-refractivity contribution >= 4 is 27.5 Å². The molecular formula is C23H26N2O3S. The highest BCUT2D eigenvalue weighted by molar-refractivity contribution is 7.20. The van der Waals surface area contributed by atoms with Crippen LogP contribution in [0.1, 0.15) is 37.7 Å². The summed E-state index contributed by atoms with van der Waals surface area (Å²) in [6, 6.07) is 17.0. The van der Waals surface area contributed by atoms with E-state index < -0.39 is 5.97 Å². The lowest BCUT2D eigenvalue weighted by Crippen LogP contribution is -2.29. The number of hydrogen-bond donors (Lipinski definition) is 1. The van der Waals surface area contributed by atoms with Crippen LogP contribution in [-0.4, -0.2) is 40.1 Å². The second-order valence-electron chi connectivity index (χ2n) is 7.56. The van der Waals surface area contributed by atoms with Crippen LogP contribution in [0.2, 0.25) is 0 Å². The van der Waals surface area contributed by atoms with Crippen LogP contribution < -0.4 is 4.74 Å². The van der Waals surface area contributed by atoms with Gasteiger partial charge in [-0.2, -0.15) is 0 Å². The van der Waals surface area contributed by atoms with E-state index in [0.29, 0.717) is 11.2 Å². The van der Waals surface area contributed by atoms with Crippen LogP contribution >= 0.6 is 11.3 Å². The van der Waals surface area contributed by atoms with Gasteiger partial charge in [0.1, 0.15) is 5.75 Å². The molecule has 0 radical (unpaired) electrons. The molecule has 1 N–H and O–H groups in total. The summed E-state index contributed by atoms with van der Waals surface area (Å²) >= 11 is 1.55. The minimum absolute atomic E-state index is 0.263. The maximum Gasteiger partial charge on any atom is 0.303 e. The van der Waals surface area contributed by atoms with E-state index in [1.54, 1.807) is 11.3 Å². The van der Waals surface area contributed by atoms with Crippen LogP contribution in [0.25, 0.3) is 10.2 Å². The van der Waals surface area contributed by atoms with E-state index in [-0.39, 0.29) is 6.42 Å². The molecule has 0 unspecified atom stereocenters. The van der Waals surface area contributed by atoms with Gasteiger partial charge in [-0.1, -0.05) is 35.6 Å². The first-order valence-electron chi connectivity index (χ1n) is 10.3. The number of carbonyl (C=O) groups is 1. The maximum atomic E-state index is 10.7. The van der Waals surface area contributed by atoms with Gasteiger partial charge >= 0.3 is 5.97 Å². The van der Waals surface area contributed by atoms with Gasteiger partial charge < -0.3 is 14.7 Å². The zero-order valence-electron chi connectivity index (χ0n) is 16.4. The molecule has 0 bridgehead atoms. The van der Waals surface area contributed by atoms with E-state index in [4.69, 9.17) is 9.84 Å². The van der Waals surface area contributed by atoms with Crippen molar-refractivity contribution in [3.8, 4) is 10.9 Å². The molecule has 0 saturated heterocycles. The Labute approximate surface area is 175 Å². The first-order chi connectivity index (χ1) is 14.2. The van der Waals surface area contributed by atoms with Gasteiger partial charge in [0.2, 0.25) is 0 Å². The van der Waals surface area contributed by atoms with Crippen molar-refractivity contribution < 1.29 is 14.6 Å². The zero-order chi connectivity index (χ0) is 20.1. The van der Waals surface area contributed by atoms with Crippen molar-refractivity contribution in [3.63, 3.8) is 0 Å². The molecule has 1 aromatic heterocycles. The summed E-state index contributed by atoms with van der Waals surface area (Å²) in [5.41, 5.74) is 2.26. The fourth-order valence-electron chi connectivity index (χ4n) is 3.56. The molecule has 1 aliphatic rings. The van der Waals surface area contributed by atoms with Crippen molar-refractivity contribution in [3.05, 3.63) is 54.1 Å². The average Bonchev–Trinajstić information content (AvgIpc) is 3.47. The monoisotopic (exact) mass is 410 g/mol. The minimum Gasteiger partial charge on any atom is -0.481 e. The van der Waals surface area contributed by atoms with Crippen molar-refractivity contribution in [2.24, 2.45) is 0 Å². The molecule has 0 atom stereocenters. The number of ether oxygens (including phenoxy) is 1. The maximum absolute atomic E-state index is 10.7. The highest BCUT2D eigenvalue weighted by Gasteiger charge is 2.28. The number of hydrogen-bond acceptors (Lipinski definition) is 5. The molecule has 0 aliphatic heterocycles. The Hall–Kier alpha value is -2.44. The predicted octanol–water partition coefficient (Wildman–Crippen LogP) is 5.35.